The van der Waals surface area contributed by atoms with E-state index in [-0.39, 0.29) is 29.6 Å². The molecule has 1 aliphatic carbocycles. The molecule has 1 aliphatic rings. The second kappa shape index (κ2) is 6.89. The zero-order valence-electron chi connectivity index (χ0n) is 15.2. The molecule has 0 saturated heterocycles. The van der Waals surface area contributed by atoms with Crippen molar-refractivity contribution in [2.24, 2.45) is 0 Å². The molecule has 2 aromatic heterocycles. The van der Waals surface area contributed by atoms with Gasteiger partial charge >= 0.3 is 6.18 Å². The van der Waals surface area contributed by atoms with Crippen molar-refractivity contribution in [1.82, 2.24) is 14.7 Å². The number of pyridine rings is 1. The lowest BCUT2D eigenvalue weighted by Gasteiger charge is -2.16. The van der Waals surface area contributed by atoms with Gasteiger partial charge in [-0.15, -0.1) is 0 Å². The van der Waals surface area contributed by atoms with E-state index < -0.39 is 35.3 Å². The Labute approximate surface area is 166 Å². The standard InChI is InChI=1S/C20H14F5N3O2/c21-18(22)19(7-8-19)27-17(30)12-5-3-11(4-6-12)13-2-1-9-28-15(29)10-14(20(23,24)25)26-16(13)28/h1-6,9-10,18H,7-8H2,(H,27,30). The Morgan fingerprint density at radius 1 is 1.13 bits per heavy atom. The number of aromatic nitrogens is 2. The zero-order chi connectivity index (χ0) is 21.7. The number of fused-ring (bicyclic) bond motifs is 1. The van der Waals surface area contributed by atoms with Crippen molar-refractivity contribution in [1.29, 1.82) is 0 Å². The molecule has 1 saturated carbocycles. The first-order chi connectivity index (χ1) is 14.1. The molecule has 0 aliphatic heterocycles. The summed E-state index contributed by atoms with van der Waals surface area (Å²) in [6.45, 7) is 0. The lowest BCUT2D eigenvalue weighted by atomic mass is 10.0. The number of benzene rings is 1. The molecule has 1 N–H and O–H groups in total. The average molecular weight is 423 g/mol. The van der Waals surface area contributed by atoms with E-state index in [1.807, 2.05) is 0 Å². The molecule has 1 amide bonds. The molecular formula is C20H14F5N3O2. The first-order valence-corrected chi connectivity index (χ1v) is 8.91. The van der Waals surface area contributed by atoms with Gasteiger partial charge < -0.3 is 5.32 Å². The number of nitrogens with one attached hydrogen (secondary N) is 1. The Morgan fingerprint density at radius 3 is 2.37 bits per heavy atom. The minimum absolute atomic E-state index is 0.131. The molecule has 2 heterocycles. The van der Waals surface area contributed by atoms with Crippen molar-refractivity contribution in [2.45, 2.75) is 31.0 Å². The van der Waals surface area contributed by atoms with Crippen LogP contribution in [0.1, 0.15) is 28.9 Å². The second-order valence-corrected chi connectivity index (χ2v) is 7.08. The number of alkyl halides is 5. The molecule has 0 unspecified atom stereocenters. The third kappa shape index (κ3) is 3.53. The molecule has 4 rings (SSSR count). The molecule has 10 heteroatoms. The van der Waals surface area contributed by atoms with E-state index >= 15 is 0 Å². The summed E-state index contributed by atoms with van der Waals surface area (Å²) in [5.74, 6) is -0.661. The van der Waals surface area contributed by atoms with Crippen molar-refractivity contribution in [3.63, 3.8) is 0 Å². The number of carbonyl (C=O) groups is 1. The monoisotopic (exact) mass is 423 g/mol. The SMILES string of the molecule is O=C(NC1(C(F)F)CC1)c1ccc(-c2cccn3c(=O)cc(C(F)(F)F)nc23)cc1. The summed E-state index contributed by atoms with van der Waals surface area (Å²) in [4.78, 5) is 27.9. The van der Waals surface area contributed by atoms with E-state index in [0.717, 1.165) is 4.40 Å². The number of hydrogen-bond acceptors (Lipinski definition) is 3. The molecule has 0 bridgehead atoms. The third-order valence-electron chi connectivity index (χ3n) is 5.01. The van der Waals surface area contributed by atoms with Crippen LogP contribution < -0.4 is 10.9 Å². The summed E-state index contributed by atoms with van der Waals surface area (Å²) in [6, 6.07) is 9.06. The van der Waals surface area contributed by atoms with Gasteiger partial charge in [-0.05, 0) is 42.7 Å². The fourth-order valence-electron chi connectivity index (χ4n) is 3.13. The average Bonchev–Trinajstić information content (AvgIpc) is 3.48. The van der Waals surface area contributed by atoms with E-state index in [1.165, 1.54) is 42.6 Å². The number of halogens is 5. The normalized spacial score (nSPS) is 15.4. The van der Waals surface area contributed by atoms with Crippen LogP contribution in [0.2, 0.25) is 0 Å². The van der Waals surface area contributed by atoms with Crippen LogP contribution in [0, 0.1) is 0 Å². The maximum atomic E-state index is 13.1. The highest BCUT2D eigenvalue weighted by Crippen LogP contribution is 2.41. The van der Waals surface area contributed by atoms with E-state index in [9.17, 15) is 31.5 Å². The molecule has 3 aromatic rings. The van der Waals surface area contributed by atoms with Crippen molar-refractivity contribution in [3.8, 4) is 11.1 Å². The van der Waals surface area contributed by atoms with Gasteiger partial charge in [0.2, 0.25) is 0 Å². The minimum atomic E-state index is -4.79. The Kier molecular flexibility index (Phi) is 4.59. The highest BCUT2D eigenvalue weighted by Gasteiger charge is 2.52. The van der Waals surface area contributed by atoms with Gasteiger partial charge in [0.15, 0.2) is 5.69 Å². The fourth-order valence-corrected chi connectivity index (χ4v) is 3.13. The van der Waals surface area contributed by atoms with Gasteiger partial charge in [0.25, 0.3) is 17.9 Å². The summed E-state index contributed by atoms with van der Waals surface area (Å²) in [5, 5.41) is 2.33. The summed E-state index contributed by atoms with van der Waals surface area (Å²) in [6.07, 6.45) is -5.75. The first-order valence-electron chi connectivity index (χ1n) is 8.91. The van der Waals surface area contributed by atoms with E-state index in [0.29, 0.717) is 11.6 Å². The maximum absolute atomic E-state index is 13.1. The minimum Gasteiger partial charge on any atom is -0.341 e. The maximum Gasteiger partial charge on any atom is 0.433 e. The molecule has 156 valence electrons. The predicted octanol–water partition coefficient (Wildman–Crippen LogP) is 3.91. The van der Waals surface area contributed by atoms with Crippen molar-refractivity contribution < 1.29 is 26.7 Å². The van der Waals surface area contributed by atoms with Crippen LogP contribution in [-0.2, 0) is 6.18 Å². The van der Waals surface area contributed by atoms with Crippen LogP contribution in [0.5, 0.6) is 0 Å². The number of hydrogen-bond donors (Lipinski definition) is 1. The van der Waals surface area contributed by atoms with Crippen LogP contribution in [-0.4, -0.2) is 27.3 Å². The zero-order valence-corrected chi connectivity index (χ0v) is 15.2. The van der Waals surface area contributed by atoms with Crippen LogP contribution in [0.3, 0.4) is 0 Å². The van der Waals surface area contributed by atoms with Crippen molar-refractivity contribution in [3.05, 3.63) is 70.3 Å². The summed E-state index contributed by atoms with van der Waals surface area (Å²) < 4.78 is 66.2. The van der Waals surface area contributed by atoms with Gasteiger partial charge in [-0.2, -0.15) is 13.2 Å². The van der Waals surface area contributed by atoms with Gasteiger partial charge in [0.05, 0.1) is 0 Å². The third-order valence-corrected chi connectivity index (χ3v) is 5.01. The quantitative estimate of drug-likeness (QED) is 0.648. The Bertz CT molecular complexity index is 1180. The Morgan fingerprint density at radius 2 is 1.80 bits per heavy atom. The van der Waals surface area contributed by atoms with Gasteiger partial charge in [0, 0.05) is 23.4 Å². The topological polar surface area (TPSA) is 63.5 Å². The lowest BCUT2D eigenvalue weighted by Crippen LogP contribution is -2.42. The van der Waals surface area contributed by atoms with E-state index in [2.05, 4.69) is 10.3 Å². The van der Waals surface area contributed by atoms with Crippen molar-refractivity contribution >= 4 is 11.6 Å². The number of amides is 1. The lowest BCUT2D eigenvalue weighted by molar-refractivity contribution is -0.141. The van der Waals surface area contributed by atoms with Gasteiger partial charge in [0.1, 0.15) is 11.2 Å². The first kappa shape index (κ1) is 20.0. The molecule has 30 heavy (non-hydrogen) atoms. The molecule has 0 spiro atoms. The molecule has 0 radical (unpaired) electrons. The predicted molar refractivity (Wildman–Crippen MR) is 97.3 cm³/mol. The van der Waals surface area contributed by atoms with Gasteiger partial charge in [-0.3, -0.25) is 14.0 Å². The van der Waals surface area contributed by atoms with Crippen LogP contribution in [0.15, 0.2) is 53.5 Å². The molecular weight excluding hydrogens is 409 g/mol. The highest BCUT2D eigenvalue weighted by atomic mass is 19.4. The fraction of sp³-hybridized carbons (Fsp3) is 0.250. The summed E-state index contributed by atoms with van der Waals surface area (Å²) in [5.41, 5.74) is -3.07. The van der Waals surface area contributed by atoms with Crippen LogP contribution >= 0.6 is 0 Å². The Hall–Kier alpha value is -3.30. The van der Waals surface area contributed by atoms with Gasteiger partial charge in [-0.1, -0.05) is 12.1 Å². The summed E-state index contributed by atoms with van der Waals surface area (Å²) in [7, 11) is 0. The van der Waals surface area contributed by atoms with E-state index in [1.54, 1.807) is 0 Å². The number of nitrogens with zero attached hydrogens (tertiary/aromatic N) is 2. The number of carbonyl (C=O) groups excluding carboxylic acids is 1. The molecule has 5 nitrogen and oxygen atoms in total. The molecule has 1 fully saturated rings. The summed E-state index contributed by atoms with van der Waals surface area (Å²) >= 11 is 0. The smallest absolute Gasteiger partial charge is 0.341 e. The molecule has 1 aromatic carbocycles. The second-order valence-electron chi connectivity index (χ2n) is 7.08. The molecule has 0 atom stereocenters. The van der Waals surface area contributed by atoms with E-state index in [4.69, 9.17) is 0 Å². The van der Waals surface area contributed by atoms with Crippen molar-refractivity contribution in [2.75, 3.05) is 0 Å². The largest absolute Gasteiger partial charge is 0.433 e. The van der Waals surface area contributed by atoms with Crippen LogP contribution in [0.25, 0.3) is 16.8 Å². The number of rotatable bonds is 4. The Balaban J connectivity index is 1.70. The van der Waals surface area contributed by atoms with Crippen LogP contribution in [0.4, 0.5) is 22.0 Å². The highest BCUT2D eigenvalue weighted by molar-refractivity contribution is 5.95. The van der Waals surface area contributed by atoms with Gasteiger partial charge in [-0.25, -0.2) is 13.8 Å².